The Morgan fingerprint density at radius 3 is 1.85 bits per heavy atom. The van der Waals surface area contributed by atoms with Gasteiger partial charge in [0.2, 0.25) is 0 Å². The van der Waals surface area contributed by atoms with Gasteiger partial charge in [0.15, 0.2) is 0 Å². The summed E-state index contributed by atoms with van der Waals surface area (Å²) in [5.74, 6) is 2.66. The van der Waals surface area contributed by atoms with E-state index < -0.39 is 0 Å². The van der Waals surface area contributed by atoms with Gasteiger partial charge >= 0.3 is 0 Å². The second-order valence-electron chi connectivity index (χ2n) is 6.04. The quantitative estimate of drug-likeness (QED) is 0.511. The highest BCUT2D eigenvalue weighted by molar-refractivity contribution is 4.96. The molecule has 0 spiro atoms. The minimum absolute atomic E-state index is 0.592. The summed E-state index contributed by atoms with van der Waals surface area (Å²) in [6, 6.07) is 0. The molecule has 3 heteroatoms. The Balaban J connectivity index is 2.34. The summed E-state index contributed by atoms with van der Waals surface area (Å²) in [4.78, 5) is 3.35. The van der Waals surface area contributed by atoms with Crippen LogP contribution in [0.2, 0.25) is 0 Å². The number of unbranched alkanes of at least 4 members (excludes halogenated alkanes) is 7. The van der Waals surface area contributed by atoms with Crippen LogP contribution in [0.15, 0.2) is 0 Å². The molecule has 1 atom stereocenters. The predicted molar refractivity (Wildman–Crippen MR) is 86.0 cm³/mol. The second kappa shape index (κ2) is 10.9. The van der Waals surface area contributed by atoms with Gasteiger partial charge in [-0.25, -0.2) is 0 Å². The zero-order valence-corrected chi connectivity index (χ0v) is 13.7. The molecule has 1 heterocycles. The zero-order chi connectivity index (χ0) is 14.6. The molecule has 1 aromatic heterocycles. The topological polar surface area (TPSA) is 41.6 Å². The molecule has 0 radical (unpaired) electrons. The van der Waals surface area contributed by atoms with E-state index in [9.17, 15) is 0 Å². The van der Waals surface area contributed by atoms with E-state index >= 15 is 0 Å². The van der Waals surface area contributed by atoms with Crippen LogP contribution in [0.1, 0.15) is 102 Å². The van der Waals surface area contributed by atoms with E-state index in [1.807, 2.05) is 6.92 Å². The normalized spacial score (nSPS) is 12.8. The summed E-state index contributed by atoms with van der Waals surface area (Å²) in [5, 5.41) is 8.46. The molecule has 0 saturated carbocycles. The van der Waals surface area contributed by atoms with E-state index in [1.165, 1.54) is 70.6 Å². The lowest BCUT2D eigenvalue weighted by atomic mass is 9.94. The lowest BCUT2D eigenvalue weighted by Gasteiger charge is -2.14. The van der Waals surface area contributed by atoms with Crippen molar-refractivity contribution < 1.29 is 0 Å². The van der Waals surface area contributed by atoms with Gasteiger partial charge in [-0.15, -0.1) is 10.2 Å². The van der Waals surface area contributed by atoms with Gasteiger partial charge in [-0.05, 0) is 19.8 Å². The van der Waals surface area contributed by atoms with Gasteiger partial charge in [-0.1, -0.05) is 71.6 Å². The lowest BCUT2D eigenvalue weighted by Crippen LogP contribution is -2.02. The van der Waals surface area contributed by atoms with Crippen LogP contribution in [0.3, 0.4) is 0 Å². The summed E-state index contributed by atoms with van der Waals surface area (Å²) in [7, 11) is 0. The fraction of sp³-hybridized carbons (Fsp3) is 0.882. The number of nitrogens with one attached hydrogen (secondary N) is 1. The summed E-state index contributed by atoms with van der Waals surface area (Å²) in [5.41, 5.74) is 0. The predicted octanol–water partition coefficient (Wildman–Crippen LogP) is 5.53. The van der Waals surface area contributed by atoms with Crippen LogP contribution in [0.4, 0.5) is 0 Å². The molecule has 0 aliphatic carbocycles. The lowest BCUT2D eigenvalue weighted by molar-refractivity contribution is 0.478. The molecule has 0 bridgehead atoms. The van der Waals surface area contributed by atoms with Crippen molar-refractivity contribution in [3.8, 4) is 0 Å². The Labute approximate surface area is 125 Å². The number of aryl methyl sites for hydroxylation is 1. The summed E-state index contributed by atoms with van der Waals surface area (Å²) in [6.07, 6.45) is 14.7. The maximum absolute atomic E-state index is 4.32. The molecule has 1 rings (SSSR count). The van der Waals surface area contributed by atoms with Crippen molar-refractivity contribution in [2.45, 2.75) is 97.3 Å². The van der Waals surface area contributed by atoms with Crippen molar-refractivity contribution in [1.82, 2.24) is 15.2 Å². The first kappa shape index (κ1) is 17.2. The van der Waals surface area contributed by atoms with Gasteiger partial charge in [0, 0.05) is 5.92 Å². The minimum Gasteiger partial charge on any atom is -0.329 e. The molecule has 1 aromatic rings. The van der Waals surface area contributed by atoms with E-state index in [1.54, 1.807) is 0 Å². The zero-order valence-electron chi connectivity index (χ0n) is 13.7. The van der Waals surface area contributed by atoms with E-state index in [-0.39, 0.29) is 0 Å². The fourth-order valence-electron chi connectivity index (χ4n) is 2.78. The van der Waals surface area contributed by atoms with E-state index in [0.717, 1.165) is 11.6 Å². The van der Waals surface area contributed by atoms with Gasteiger partial charge in [0.05, 0.1) is 0 Å². The number of H-pyrrole nitrogens is 1. The average molecular weight is 279 g/mol. The molecule has 0 saturated heterocycles. The first-order valence-corrected chi connectivity index (χ1v) is 8.67. The Hall–Kier alpha value is -0.860. The highest BCUT2D eigenvalue weighted by atomic mass is 15.2. The first-order valence-electron chi connectivity index (χ1n) is 8.67. The van der Waals surface area contributed by atoms with Crippen LogP contribution in [-0.2, 0) is 0 Å². The van der Waals surface area contributed by atoms with E-state index in [4.69, 9.17) is 0 Å². The van der Waals surface area contributed by atoms with Crippen LogP contribution in [-0.4, -0.2) is 15.2 Å². The monoisotopic (exact) mass is 279 g/mol. The molecular weight excluding hydrogens is 246 g/mol. The number of nitrogens with zero attached hydrogens (tertiary/aromatic N) is 2. The minimum atomic E-state index is 0.592. The third-order valence-corrected chi connectivity index (χ3v) is 4.07. The highest BCUT2D eigenvalue weighted by Crippen LogP contribution is 2.26. The smallest absolute Gasteiger partial charge is 0.133 e. The first-order chi connectivity index (χ1) is 9.77. The van der Waals surface area contributed by atoms with Crippen molar-refractivity contribution in [1.29, 1.82) is 0 Å². The molecule has 3 nitrogen and oxygen atoms in total. The number of hydrogen-bond acceptors (Lipinski definition) is 2. The summed E-state index contributed by atoms with van der Waals surface area (Å²) >= 11 is 0. The van der Waals surface area contributed by atoms with Crippen LogP contribution in [0.5, 0.6) is 0 Å². The van der Waals surface area contributed by atoms with Crippen molar-refractivity contribution in [3.63, 3.8) is 0 Å². The highest BCUT2D eigenvalue weighted by Gasteiger charge is 2.15. The van der Waals surface area contributed by atoms with Crippen LogP contribution < -0.4 is 0 Å². The number of hydrogen-bond donors (Lipinski definition) is 1. The number of aromatic nitrogens is 3. The summed E-state index contributed by atoms with van der Waals surface area (Å²) < 4.78 is 0. The third kappa shape index (κ3) is 7.06. The van der Waals surface area contributed by atoms with Crippen LogP contribution in [0, 0.1) is 6.92 Å². The van der Waals surface area contributed by atoms with Crippen molar-refractivity contribution >= 4 is 0 Å². The fourth-order valence-corrected chi connectivity index (χ4v) is 2.78. The average Bonchev–Trinajstić information content (AvgIpc) is 2.87. The van der Waals surface area contributed by atoms with E-state index in [0.29, 0.717) is 5.92 Å². The second-order valence-corrected chi connectivity index (χ2v) is 6.04. The number of aromatic amines is 1. The third-order valence-electron chi connectivity index (χ3n) is 4.07. The maximum atomic E-state index is 4.32. The molecular formula is C17H33N3. The van der Waals surface area contributed by atoms with Crippen LogP contribution >= 0.6 is 0 Å². The molecule has 1 unspecified atom stereocenters. The maximum Gasteiger partial charge on any atom is 0.133 e. The van der Waals surface area contributed by atoms with Crippen molar-refractivity contribution in [2.75, 3.05) is 0 Å². The summed E-state index contributed by atoms with van der Waals surface area (Å²) in [6.45, 7) is 6.53. The molecule has 1 N–H and O–H groups in total. The van der Waals surface area contributed by atoms with Gasteiger partial charge < -0.3 is 4.98 Å². The molecule has 0 aliphatic heterocycles. The molecule has 20 heavy (non-hydrogen) atoms. The van der Waals surface area contributed by atoms with Gasteiger partial charge in [0.1, 0.15) is 11.6 Å². The van der Waals surface area contributed by atoms with Gasteiger partial charge in [-0.3, -0.25) is 0 Å². The molecule has 0 aromatic carbocycles. The SMILES string of the molecule is CCCCCCCC(CCCCCC)c1nnc(C)[nH]1. The Morgan fingerprint density at radius 1 is 0.800 bits per heavy atom. The van der Waals surface area contributed by atoms with Gasteiger partial charge in [-0.2, -0.15) is 0 Å². The molecule has 0 fully saturated rings. The Bertz CT molecular complexity index is 333. The molecule has 0 amide bonds. The molecule has 116 valence electrons. The largest absolute Gasteiger partial charge is 0.329 e. The number of rotatable bonds is 12. The standard InChI is InChI=1S/C17H33N3/c1-4-6-8-10-12-14-16(13-11-9-7-5-2)17-18-15(3)19-20-17/h16H,4-14H2,1-3H3,(H,18,19,20). The van der Waals surface area contributed by atoms with Gasteiger partial charge in [0.25, 0.3) is 0 Å². The van der Waals surface area contributed by atoms with Crippen molar-refractivity contribution in [3.05, 3.63) is 11.6 Å². The Kier molecular flexibility index (Phi) is 9.35. The van der Waals surface area contributed by atoms with E-state index in [2.05, 4.69) is 29.0 Å². The molecule has 0 aliphatic rings. The van der Waals surface area contributed by atoms with Crippen LogP contribution in [0.25, 0.3) is 0 Å². The van der Waals surface area contributed by atoms with Crippen molar-refractivity contribution in [2.24, 2.45) is 0 Å². The Morgan fingerprint density at radius 2 is 1.35 bits per heavy atom.